The van der Waals surface area contributed by atoms with Gasteiger partial charge >= 0.3 is 11.9 Å². The maximum Gasteiger partial charge on any atom is 0.354 e. The van der Waals surface area contributed by atoms with E-state index in [0.29, 0.717) is 0 Å². The van der Waals surface area contributed by atoms with Crippen molar-refractivity contribution in [3.05, 3.63) is 76.2 Å². The maximum absolute atomic E-state index is 13.0. The van der Waals surface area contributed by atoms with Crippen LogP contribution in [0.3, 0.4) is 0 Å². The quantitative estimate of drug-likeness (QED) is 0.213. The number of aromatic carboxylic acids is 1. The summed E-state index contributed by atoms with van der Waals surface area (Å²) in [6.07, 6.45) is 1.95. The number of nitrogens with one attached hydrogen (secondary N) is 1. The molecule has 5 N–H and O–H groups in total. The van der Waals surface area contributed by atoms with Gasteiger partial charge < -0.3 is 10.2 Å². The number of amides is 1. The van der Waals surface area contributed by atoms with Gasteiger partial charge in [0.2, 0.25) is 0 Å². The van der Waals surface area contributed by atoms with E-state index in [4.69, 9.17) is 9.11 Å². The number of carboxylic acids is 2. The topological polar surface area (TPSA) is 254 Å². The first-order valence-corrected chi connectivity index (χ1v) is 14.0. The number of carbonyl (C=O) groups excluding carboxylic acids is 1. The lowest BCUT2D eigenvalue weighted by Crippen LogP contribution is -2.29. The van der Waals surface area contributed by atoms with E-state index < -0.39 is 70.8 Å². The number of hydrazone groups is 1. The normalized spacial score (nSPS) is 15.9. The highest BCUT2D eigenvalue weighted by Gasteiger charge is 2.39. The fourth-order valence-electron chi connectivity index (χ4n) is 3.88. The van der Waals surface area contributed by atoms with Crippen molar-refractivity contribution in [2.45, 2.75) is 16.2 Å². The zero-order chi connectivity index (χ0) is 30.3. The van der Waals surface area contributed by atoms with Crippen molar-refractivity contribution in [2.75, 3.05) is 5.01 Å². The van der Waals surface area contributed by atoms with Gasteiger partial charge in [-0.2, -0.15) is 26.9 Å². The van der Waals surface area contributed by atoms with Crippen molar-refractivity contribution in [1.82, 2.24) is 9.78 Å². The molecule has 4 rings (SSSR count). The minimum Gasteiger partial charge on any atom is -0.477 e. The SMILES string of the molecule is O=C(O)C1=NN(c2ccc(S(=O)(=O)O)cc2)C(=O)C1C/C=C/c1c(C(=O)O)[nH]n(-c2ccc(S(=O)(=O)O)cc2)c1=O. The molecule has 1 atom stereocenters. The zero-order valence-corrected chi connectivity index (χ0v) is 21.9. The van der Waals surface area contributed by atoms with Gasteiger partial charge in [-0.1, -0.05) is 12.2 Å². The van der Waals surface area contributed by atoms with Crippen LogP contribution in [0.1, 0.15) is 22.5 Å². The minimum atomic E-state index is -4.52. The van der Waals surface area contributed by atoms with Crippen molar-refractivity contribution in [3.8, 4) is 5.69 Å². The molecule has 0 saturated heterocycles. The predicted octanol–water partition coefficient (Wildman–Crippen LogP) is 0.864. The molecule has 214 valence electrons. The van der Waals surface area contributed by atoms with Crippen molar-refractivity contribution >= 4 is 55.6 Å². The third-order valence-corrected chi connectivity index (χ3v) is 7.57. The Kier molecular flexibility index (Phi) is 7.50. The van der Waals surface area contributed by atoms with Crippen LogP contribution in [-0.4, -0.2) is 69.5 Å². The number of anilines is 1. The van der Waals surface area contributed by atoms with Gasteiger partial charge in [0, 0.05) is 0 Å². The second-order valence-electron chi connectivity index (χ2n) is 8.42. The molecule has 16 nitrogen and oxygen atoms in total. The molecular formula is C23H18N4O12S2. The molecule has 1 aliphatic heterocycles. The van der Waals surface area contributed by atoms with E-state index in [0.717, 1.165) is 64.3 Å². The van der Waals surface area contributed by atoms with Crippen LogP contribution in [0.25, 0.3) is 11.8 Å². The van der Waals surface area contributed by atoms with Crippen LogP contribution in [0.4, 0.5) is 5.69 Å². The summed E-state index contributed by atoms with van der Waals surface area (Å²) >= 11 is 0. The summed E-state index contributed by atoms with van der Waals surface area (Å²) in [5.74, 6) is -5.22. The molecule has 0 spiro atoms. The van der Waals surface area contributed by atoms with Crippen molar-refractivity contribution < 1.29 is 50.5 Å². The Morgan fingerprint density at radius 3 is 1.83 bits per heavy atom. The molecule has 1 amide bonds. The summed E-state index contributed by atoms with van der Waals surface area (Å²) < 4.78 is 64.0. The Balaban J connectivity index is 1.62. The minimum absolute atomic E-state index is 0.00864. The van der Waals surface area contributed by atoms with E-state index in [1.807, 2.05) is 0 Å². The fourth-order valence-corrected chi connectivity index (χ4v) is 4.84. The van der Waals surface area contributed by atoms with Crippen LogP contribution in [0.5, 0.6) is 0 Å². The fraction of sp³-hybridized carbons (Fsp3) is 0.0870. The van der Waals surface area contributed by atoms with Crippen LogP contribution in [0.2, 0.25) is 0 Å². The molecule has 1 unspecified atom stereocenters. The third-order valence-electron chi connectivity index (χ3n) is 5.83. The molecule has 1 aliphatic rings. The average molecular weight is 607 g/mol. The highest BCUT2D eigenvalue weighted by Crippen LogP contribution is 2.27. The number of hydrogen-bond donors (Lipinski definition) is 5. The van der Waals surface area contributed by atoms with Gasteiger partial charge in [-0.15, -0.1) is 0 Å². The smallest absolute Gasteiger partial charge is 0.354 e. The zero-order valence-electron chi connectivity index (χ0n) is 20.3. The summed E-state index contributed by atoms with van der Waals surface area (Å²) in [5.41, 5.74) is -2.32. The molecule has 2 heterocycles. The number of carbonyl (C=O) groups is 3. The molecule has 41 heavy (non-hydrogen) atoms. The number of H-pyrrole nitrogens is 1. The molecular weight excluding hydrogens is 588 g/mol. The number of benzene rings is 2. The molecule has 0 aliphatic carbocycles. The van der Waals surface area contributed by atoms with Gasteiger partial charge in [-0.3, -0.25) is 23.8 Å². The van der Waals surface area contributed by atoms with Gasteiger partial charge in [0.15, 0.2) is 11.4 Å². The Morgan fingerprint density at radius 2 is 1.37 bits per heavy atom. The first-order valence-electron chi connectivity index (χ1n) is 11.2. The lowest BCUT2D eigenvalue weighted by Gasteiger charge is -2.13. The lowest BCUT2D eigenvalue weighted by atomic mass is 9.98. The number of rotatable bonds is 9. The highest BCUT2D eigenvalue weighted by atomic mass is 32.2. The number of allylic oxidation sites excluding steroid dienone is 1. The number of aromatic amines is 1. The van der Waals surface area contributed by atoms with E-state index in [-0.39, 0.29) is 23.4 Å². The molecule has 18 heteroatoms. The third kappa shape index (κ3) is 5.84. The van der Waals surface area contributed by atoms with E-state index in [1.165, 1.54) is 6.08 Å². The van der Waals surface area contributed by atoms with Crippen LogP contribution in [0, 0.1) is 5.92 Å². The molecule has 0 saturated carbocycles. The maximum atomic E-state index is 13.0. The summed E-state index contributed by atoms with van der Waals surface area (Å²) in [4.78, 5) is 48.6. The van der Waals surface area contributed by atoms with Gasteiger partial charge in [0.05, 0.1) is 32.6 Å². The number of nitrogens with zero attached hydrogens (tertiary/aromatic N) is 3. The molecule has 0 fully saturated rings. The average Bonchev–Trinajstić information content (AvgIpc) is 3.40. The van der Waals surface area contributed by atoms with E-state index in [9.17, 15) is 46.2 Å². The summed E-state index contributed by atoms with van der Waals surface area (Å²) in [7, 11) is -9.03. The van der Waals surface area contributed by atoms with Gasteiger partial charge in [0.1, 0.15) is 0 Å². The number of carboxylic acid groups (broad SMARTS) is 2. The van der Waals surface area contributed by atoms with Crippen LogP contribution in [0.15, 0.2) is 74.3 Å². The Bertz CT molecular complexity index is 1900. The molecule has 0 bridgehead atoms. The Morgan fingerprint density at radius 1 is 0.854 bits per heavy atom. The van der Waals surface area contributed by atoms with E-state index in [2.05, 4.69) is 10.2 Å². The largest absolute Gasteiger partial charge is 0.477 e. The Hall–Kier alpha value is -4.91. The van der Waals surface area contributed by atoms with Crippen LogP contribution >= 0.6 is 0 Å². The van der Waals surface area contributed by atoms with Crippen molar-refractivity contribution in [3.63, 3.8) is 0 Å². The van der Waals surface area contributed by atoms with Crippen LogP contribution < -0.4 is 10.6 Å². The summed E-state index contributed by atoms with van der Waals surface area (Å²) in [6.45, 7) is 0. The second kappa shape index (κ2) is 10.6. The Labute approximate surface area is 229 Å². The second-order valence-corrected chi connectivity index (χ2v) is 11.3. The predicted molar refractivity (Wildman–Crippen MR) is 139 cm³/mol. The van der Waals surface area contributed by atoms with Gasteiger partial charge in [0.25, 0.3) is 31.7 Å². The van der Waals surface area contributed by atoms with E-state index in [1.54, 1.807) is 0 Å². The summed E-state index contributed by atoms with van der Waals surface area (Å²) in [5, 5.41) is 26.0. The number of aliphatic carboxylic acids is 1. The van der Waals surface area contributed by atoms with Crippen molar-refractivity contribution in [2.24, 2.45) is 11.0 Å². The standard InChI is InChI=1S/C23H18N4O12S2/c28-20-16(18(22(30)31)24-26(20)12-4-8-14(9-5-12)40(34,35)36)2-1-3-17-19(23(32)33)25-27(21(17)29)13-6-10-15(11-7-13)41(37,38)39/h1-2,4-11,17,24H,3H2,(H,30,31)(H,32,33)(H,34,35,36)(H,37,38,39)/b2-1+. The number of aromatic nitrogens is 2. The molecule has 2 aromatic carbocycles. The molecule has 1 aromatic heterocycles. The molecule has 0 radical (unpaired) electrons. The first-order chi connectivity index (χ1) is 19.1. The lowest BCUT2D eigenvalue weighted by molar-refractivity contribution is -0.130. The first kappa shape index (κ1) is 29.1. The van der Waals surface area contributed by atoms with Gasteiger partial charge in [-0.25, -0.2) is 14.3 Å². The molecule has 3 aromatic rings. The summed E-state index contributed by atoms with van der Waals surface area (Å²) in [6, 6.07) is 8.51. The van der Waals surface area contributed by atoms with E-state index >= 15 is 0 Å². The monoisotopic (exact) mass is 606 g/mol. The van der Waals surface area contributed by atoms with Gasteiger partial charge in [-0.05, 0) is 55.0 Å². The van der Waals surface area contributed by atoms with Crippen molar-refractivity contribution in [1.29, 1.82) is 0 Å². The highest BCUT2D eigenvalue weighted by molar-refractivity contribution is 7.86. The number of hydrogen-bond acceptors (Lipinski definition) is 9. The van der Waals surface area contributed by atoms with Crippen LogP contribution in [-0.2, 0) is 29.8 Å².